The number of rotatable bonds is 2. The first kappa shape index (κ1) is 8.07. The maximum atomic E-state index is 11.5. The largest absolute Gasteiger partial charge is 0.459 e. The summed E-state index contributed by atoms with van der Waals surface area (Å²) in [6, 6.07) is 3.52. The number of nitrogens with zero attached hydrogens (tertiary/aromatic N) is 1. The van der Waals surface area contributed by atoms with E-state index in [-0.39, 0.29) is 12.2 Å². The summed E-state index contributed by atoms with van der Waals surface area (Å²) < 4.78 is 6.44. The molecule has 0 amide bonds. The molecule has 2 heterocycles. The highest BCUT2D eigenvalue weighted by Gasteiger charge is 2.03. The van der Waals surface area contributed by atoms with Crippen molar-refractivity contribution in [3.8, 4) is 0 Å². The predicted molar refractivity (Wildman–Crippen MR) is 47.6 cm³/mol. The second-order valence-corrected chi connectivity index (χ2v) is 2.74. The van der Waals surface area contributed by atoms with Gasteiger partial charge in [-0.15, -0.1) is 0 Å². The zero-order valence-electron chi connectivity index (χ0n) is 6.93. The number of pyridine rings is 1. The Morgan fingerprint density at radius 1 is 1.46 bits per heavy atom. The molecule has 0 fully saturated rings. The Balaban J connectivity index is 2.67. The number of hydrogen-bond acceptors (Lipinski definition) is 3. The molecule has 0 saturated carbocycles. The molecule has 0 aliphatic carbocycles. The van der Waals surface area contributed by atoms with Crippen LogP contribution in [0.25, 0.3) is 11.0 Å². The fourth-order valence-electron chi connectivity index (χ4n) is 1.28. The summed E-state index contributed by atoms with van der Waals surface area (Å²) in [4.78, 5) is 11.5. The van der Waals surface area contributed by atoms with Crippen LogP contribution >= 0.6 is 0 Å². The van der Waals surface area contributed by atoms with E-state index in [1.165, 1.54) is 10.8 Å². The van der Waals surface area contributed by atoms with Gasteiger partial charge in [-0.2, -0.15) is 0 Å². The van der Waals surface area contributed by atoms with Gasteiger partial charge in [-0.3, -0.25) is 4.79 Å². The van der Waals surface area contributed by atoms with Crippen LogP contribution in [0, 0.1) is 0 Å². The van der Waals surface area contributed by atoms with Crippen molar-refractivity contribution in [3.63, 3.8) is 0 Å². The zero-order valence-corrected chi connectivity index (χ0v) is 6.93. The first-order chi connectivity index (χ1) is 6.33. The third-order valence-electron chi connectivity index (χ3n) is 1.93. The average Bonchev–Trinajstić information content (AvgIpc) is 2.58. The number of furan rings is 1. The molecular weight excluding hydrogens is 170 g/mol. The molecule has 2 aromatic heterocycles. The van der Waals surface area contributed by atoms with Crippen molar-refractivity contribution in [1.29, 1.82) is 0 Å². The Morgan fingerprint density at radius 2 is 2.31 bits per heavy atom. The molecule has 2 rings (SSSR count). The van der Waals surface area contributed by atoms with Crippen LogP contribution in [0.2, 0.25) is 0 Å². The van der Waals surface area contributed by atoms with Gasteiger partial charge in [0.1, 0.15) is 0 Å². The van der Waals surface area contributed by atoms with E-state index in [1.807, 2.05) is 0 Å². The Labute approximate surface area is 74.0 Å². The molecule has 0 aliphatic heterocycles. The summed E-state index contributed by atoms with van der Waals surface area (Å²) in [7, 11) is 0. The fourth-order valence-corrected chi connectivity index (χ4v) is 1.28. The van der Waals surface area contributed by atoms with Crippen molar-refractivity contribution in [2.24, 2.45) is 0 Å². The van der Waals surface area contributed by atoms with E-state index >= 15 is 0 Å². The normalized spacial score (nSPS) is 10.8. The maximum absolute atomic E-state index is 11.5. The van der Waals surface area contributed by atoms with Gasteiger partial charge in [0.2, 0.25) is 0 Å². The van der Waals surface area contributed by atoms with Gasteiger partial charge in [0.15, 0.2) is 5.58 Å². The van der Waals surface area contributed by atoms with E-state index in [9.17, 15) is 4.79 Å². The molecule has 0 saturated heterocycles. The molecule has 0 unspecified atom stereocenters. The highest BCUT2D eigenvalue weighted by Crippen LogP contribution is 2.09. The number of fused-ring (bicyclic) bond motifs is 1. The van der Waals surface area contributed by atoms with Gasteiger partial charge < -0.3 is 14.1 Å². The molecule has 4 heteroatoms. The van der Waals surface area contributed by atoms with Crippen LogP contribution < -0.4 is 5.56 Å². The molecule has 0 radical (unpaired) electrons. The van der Waals surface area contributed by atoms with Crippen molar-refractivity contribution in [2.75, 3.05) is 6.61 Å². The zero-order chi connectivity index (χ0) is 9.26. The number of aromatic nitrogens is 1. The second-order valence-electron chi connectivity index (χ2n) is 2.74. The quantitative estimate of drug-likeness (QED) is 0.733. The van der Waals surface area contributed by atoms with Gasteiger partial charge in [-0.1, -0.05) is 0 Å². The first-order valence-corrected chi connectivity index (χ1v) is 4.00. The monoisotopic (exact) mass is 179 g/mol. The lowest BCUT2D eigenvalue weighted by molar-refractivity contribution is 0.274. The van der Waals surface area contributed by atoms with Crippen LogP contribution in [0.5, 0.6) is 0 Å². The van der Waals surface area contributed by atoms with Crippen molar-refractivity contribution >= 4 is 11.0 Å². The van der Waals surface area contributed by atoms with Gasteiger partial charge in [-0.05, 0) is 12.1 Å². The summed E-state index contributed by atoms with van der Waals surface area (Å²) in [5.41, 5.74) is 0.146. The molecule has 4 nitrogen and oxygen atoms in total. The van der Waals surface area contributed by atoms with Crippen LogP contribution in [-0.4, -0.2) is 16.3 Å². The molecule has 2 aromatic rings. The van der Waals surface area contributed by atoms with Gasteiger partial charge in [0.05, 0.1) is 12.9 Å². The lowest BCUT2D eigenvalue weighted by Crippen LogP contribution is -2.20. The SMILES string of the molecule is O=c1c2occc2ccn1CCO. The minimum atomic E-state index is -0.198. The van der Waals surface area contributed by atoms with Crippen molar-refractivity contribution < 1.29 is 9.52 Å². The lowest BCUT2D eigenvalue weighted by Gasteiger charge is -2.00. The Kier molecular flexibility index (Phi) is 1.90. The first-order valence-electron chi connectivity index (χ1n) is 4.00. The average molecular weight is 179 g/mol. The molecule has 0 bridgehead atoms. The molecular formula is C9H9NO3. The van der Waals surface area contributed by atoms with Crippen LogP contribution in [0.4, 0.5) is 0 Å². The highest BCUT2D eigenvalue weighted by molar-refractivity contribution is 5.75. The Morgan fingerprint density at radius 3 is 3.08 bits per heavy atom. The second kappa shape index (κ2) is 3.06. The number of hydrogen-bond donors (Lipinski definition) is 1. The molecule has 0 aliphatic rings. The van der Waals surface area contributed by atoms with Crippen LogP contribution in [0.15, 0.2) is 33.8 Å². The topological polar surface area (TPSA) is 55.4 Å². The van der Waals surface area contributed by atoms with Crippen molar-refractivity contribution in [1.82, 2.24) is 4.57 Å². The van der Waals surface area contributed by atoms with Gasteiger partial charge >= 0.3 is 0 Å². The standard InChI is InChI=1S/C9H9NO3/c11-5-4-10-3-1-7-2-6-13-8(7)9(10)12/h1-3,6,11H,4-5H2. The number of aliphatic hydroxyl groups excluding tert-OH is 1. The summed E-state index contributed by atoms with van der Waals surface area (Å²) in [5, 5.41) is 9.47. The highest BCUT2D eigenvalue weighted by atomic mass is 16.3. The fraction of sp³-hybridized carbons (Fsp3) is 0.222. The van der Waals surface area contributed by atoms with Gasteiger partial charge in [0, 0.05) is 18.1 Å². The Hall–Kier alpha value is -1.55. The van der Waals surface area contributed by atoms with Crippen LogP contribution in [0.1, 0.15) is 0 Å². The summed E-state index contributed by atoms with van der Waals surface area (Å²) in [6.45, 7) is 0.252. The molecule has 68 valence electrons. The maximum Gasteiger partial charge on any atom is 0.294 e. The third kappa shape index (κ3) is 1.25. The van der Waals surface area contributed by atoms with E-state index < -0.39 is 0 Å². The number of aliphatic hydroxyl groups is 1. The smallest absolute Gasteiger partial charge is 0.294 e. The molecule has 13 heavy (non-hydrogen) atoms. The third-order valence-corrected chi connectivity index (χ3v) is 1.93. The van der Waals surface area contributed by atoms with E-state index in [2.05, 4.69) is 0 Å². The minimum absolute atomic E-state index is 0.0495. The van der Waals surface area contributed by atoms with Gasteiger partial charge in [0.25, 0.3) is 5.56 Å². The van der Waals surface area contributed by atoms with E-state index in [0.717, 1.165) is 5.39 Å². The molecule has 0 atom stereocenters. The van der Waals surface area contributed by atoms with Crippen LogP contribution in [0.3, 0.4) is 0 Å². The molecule has 0 spiro atoms. The summed E-state index contributed by atoms with van der Waals surface area (Å²) in [6.07, 6.45) is 3.13. The van der Waals surface area contributed by atoms with Gasteiger partial charge in [-0.25, -0.2) is 0 Å². The Bertz CT molecular complexity index is 469. The summed E-state index contributed by atoms with van der Waals surface area (Å²) >= 11 is 0. The van der Waals surface area contributed by atoms with E-state index in [1.54, 1.807) is 18.3 Å². The van der Waals surface area contributed by atoms with Crippen molar-refractivity contribution in [3.05, 3.63) is 34.9 Å². The van der Waals surface area contributed by atoms with E-state index in [4.69, 9.17) is 9.52 Å². The van der Waals surface area contributed by atoms with E-state index in [0.29, 0.717) is 12.1 Å². The predicted octanol–water partition coefficient (Wildman–Crippen LogP) is 0.587. The molecule has 0 aromatic carbocycles. The summed E-state index contributed by atoms with van der Waals surface area (Å²) in [5.74, 6) is 0. The minimum Gasteiger partial charge on any atom is -0.459 e. The lowest BCUT2D eigenvalue weighted by atomic mass is 10.3. The van der Waals surface area contributed by atoms with Crippen LogP contribution in [-0.2, 0) is 6.54 Å². The molecule has 1 N–H and O–H groups in total. The van der Waals surface area contributed by atoms with Crippen molar-refractivity contribution in [2.45, 2.75) is 6.54 Å².